The first kappa shape index (κ1) is 10.3. The van der Waals surface area contributed by atoms with Crippen molar-refractivity contribution in [2.24, 2.45) is 5.73 Å². The molecular weight excluding hydrogens is 158 g/mol. The molecule has 1 aromatic carbocycles. The molecule has 0 aliphatic carbocycles. The molecule has 2 N–H and O–H groups in total. The van der Waals surface area contributed by atoms with Crippen LogP contribution in [0.1, 0.15) is 30.0 Å². The van der Waals surface area contributed by atoms with E-state index in [-0.39, 0.29) is 0 Å². The van der Waals surface area contributed by atoms with Crippen molar-refractivity contribution in [1.82, 2.24) is 0 Å². The fourth-order valence-corrected chi connectivity index (χ4v) is 1.47. The van der Waals surface area contributed by atoms with Crippen LogP contribution in [0, 0.1) is 13.8 Å². The van der Waals surface area contributed by atoms with Gasteiger partial charge in [0.25, 0.3) is 0 Å². The van der Waals surface area contributed by atoms with Crippen molar-refractivity contribution < 1.29 is 0 Å². The van der Waals surface area contributed by atoms with Crippen LogP contribution in [0.3, 0.4) is 0 Å². The van der Waals surface area contributed by atoms with E-state index in [0.29, 0.717) is 6.04 Å². The first-order valence-electron chi connectivity index (χ1n) is 4.92. The van der Waals surface area contributed by atoms with Crippen LogP contribution < -0.4 is 5.73 Å². The standard InChI is InChI=1S/C12H19N/c1-9-5-4-6-12(11(9)3)8-7-10(2)13/h4-6,10H,7-8,13H2,1-3H3/t10-/m0/s1. The summed E-state index contributed by atoms with van der Waals surface area (Å²) in [5.74, 6) is 0. The van der Waals surface area contributed by atoms with Gasteiger partial charge in [0, 0.05) is 6.04 Å². The largest absolute Gasteiger partial charge is 0.328 e. The second kappa shape index (κ2) is 4.43. The highest BCUT2D eigenvalue weighted by Gasteiger charge is 2.01. The maximum atomic E-state index is 5.73. The second-order valence-corrected chi connectivity index (χ2v) is 3.87. The van der Waals surface area contributed by atoms with E-state index in [1.54, 1.807) is 0 Å². The second-order valence-electron chi connectivity index (χ2n) is 3.87. The van der Waals surface area contributed by atoms with E-state index in [2.05, 4.69) is 39.0 Å². The monoisotopic (exact) mass is 177 g/mol. The molecule has 0 aromatic heterocycles. The Morgan fingerprint density at radius 1 is 1.31 bits per heavy atom. The highest BCUT2D eigenvalue weighted by molar-refractivity contribution is 5.33. The molecule has 1 aromatic rings. The van der Waals surface area contributed by atoms with Gasteiger partial charge >= 0.3 is 0 Å². The number of rotatable bonds is 3. The predicted octanol–water partition coefficient (Wildman–Crippen LogP) is 2.58. The van der Waals surface area contributed by atoms with Crippen molar-refractivity contribution >= 4 is 0 Å². The first-order chi connectivity index (χ1) is 6.11. The SMILES string of the molecule is Cc1cccc(CC[C@H](C)N)c1C. The Morgan fingerprint density at radius 2 is 2.00 bits per heavy atom. The minimum absolute atomic E-state index is 0.305. The Bertz CT molecular complexity index is 276. The number of hydrogen-bond acceptors (Lipinski definition) is 1. The maximum Gasteiger partial charge on any atom is 0.00136 e. The molecule has 0 spiro atoms. The molecular formula is C12H19N. The van der Waals surface area contributed by atoms with Gasteiger partial charge in [-0.15, -0.1) is 0 Å². The molecule has 72 valence electrons. The molecule has 0 radical (unpaired) electrons. The van der Waals surface area contributed by atoms with Gasteiger partial charge in [0.2, 0.25) is 0 Å². The lowest BCUT2D eigenvalue weighted by molar-refractivity contribution is 0.664. The normalized spacial score (nSPS) is 12.9. The summed E-state index contributed by atoms with van der Waals surface area (Å²) in [5.41, 5.74) is 9.97. The van der Waals surface area contributed by atoms with Crippen LogP contribution in [0.15, 0.2) is 18.2 Å². The molecule has 1 rings (SSSR count). The van der Waals surface area contributed by atoms with Crippen molar-refractivity contribution in [2.75, 3.05) is 0 Å². The van der Waals surface area contributed by atoms with Gasteiger partial charge in [0.1, 0.15) is 0 Å². The number of aryl methyl sites for hydroxylation is 2. The molecule has 1 nitrogen and oxygen atoms in total. The Kier molecular flexibility index (Phi) is 3.49. The van der Waals surface area contributed by atoms with Crippen LogP contribution in [-0.2, 0) is 6.42 Å². The van der Waals surface area contributed by atoms with E-state index in [1.165, 1.54) is 16.7 Å². The van der Waals surface area contributed by atoms with E-state index >= 15 is 0 Å². The van der Waals surface area contributed by atoms with Gasteiger partial charge in [-0.3, -0.25) is 0 Å². The lowest BCUT2D eigenvalue weighted by Crippen LogP contribution is -2.15. The Labute approximate surface area is 81.0 Å². The van der Waals surface area contributed by atoms with Crippen molar-refractivity contribution in [3.63, 3.8) is 0 Å². The molecule has 0 unspecified atom stereocenters. The highest BCUT2D eigenvalue weighted by Crippen LogP contribution is 2.14. The molecule has 1 atom stereocenters. The van der Waals surface area contributed by atoms with Crippen molar-refractivity contribution in [2.45, 2.75) is 39.7 Å². The minimum atomic E-state index is 0.305. The first-order valence-corrected chi connectivity index (χ1v) is 4.92. The maximum absolute atomic E-state index is 5.73. The van der Waals surface area contributed by atoms with Crippen molar-refractivity contribution in [1.29, 1.82) is 0 Å². The lowest BCUT2D eigenvalue weighted by Gasteiger charge is -2.09. The zero-order valence-corrected chi connectivity index (χ0v) is 8.80. The molecule has 0 amide bonds. The van der Waals surface area contributed by atoms with E-state index in [0.717, 1.165) is 12.8 Å². The zero-order valence-electron chi connectivity index (χ0n) is 8.80. The van der Waals surface area contributed by atoms with Gasteiger partial charge in [-0.05, 0) is 50.3 Å². The lowest BCUT2D eigenvalue weighted by atomic mass is 9.98. The van der Waals surface area contributed by atoms with Gasteiger partial charge in [-0.2, -0.15) is 0 Å². The fourth-order valence-electron chi connectivity index (χ4n) is 1.47. The van der Waals surface area contributed by atoms with Crippen LogP contribution in [0.25, 0.3) is 0 Å². The summed E-state index contributed by atoms with van der Waals surface area (Å²) in [6.07, 6.45) is 2.18. The number of benzene rings is 1. The summed E-state index contributed by atoms with van der Waals surface area (Å²) < 4.78 is 0. The van der Waals surface area contributed by atoms with Gasteiger partial charge in [-0.1, -0.05) is 18.2 Å². The van der Waals surface area contributed by atoms with Crippen LogP contribution in [0.4, 0.5) is 0 Å². The van der Waals surface area contributed by atoms with E-state index in [1.807, 2.05) is 0 Å². The van der Waals surface area contributed by atoms with Gasteiger partial charge < -0.3 is 5.73 Å². The predicted molar refractivity (Wildman–Crippen MR) is 57.9 cm³/mol. The molecule has 0 bridgehead atoms. The van der Waals surface area contributed by atoms with E-state index in [9.17, 15) is 0 Å². The van der Waals surface area contributed by atoms with Crippen molar-refractivity contribution in [3.05, 3.63) is 34.9 Å². The summed E-state index contributed by atoms with van der Waals surface area (Å²) in [4.78, 5) is 0. The van der Waals surface area contributed by atoms with Crippen LogP contribution in [0.2, 0.25) is 0 Å². The Hall–Kier alpha value is -0.820. The summed E-state index contributed by atoms with van der Waals surface area (Å²) >= 11 is 0. The fraction of sp³-hybridized carbons (Fsp3) is 0.500. The third-order valence-electron chi connectivity index (χ3n) is 2.59. The topological polar surface area (TPSA) is 26.0 Å². The zero-order chi connectivity index (χ0) is 9.84. The smallest absolute Gasteiger partial charge is 0.00136 e. The van der Waals surface area contributed by atoms with E-state index in [4.69, 9.17) is 5.73 Å². The van der Waals surface area contributed by atoms with Gasteiger partial charge in [-0.25, -0.2) is 0 Å². The molecule has 0 aliphatic heterocycles. The number of nitrogens with two attached hydrogens (primary N) is 1. The molecule has 1 heteroatoms. The van der Waals surface area contributed by atoms with Gasteiger partial charge in [0.05, 0.1) is 0 Å². The average molecular weight is 177 g/mol. The Balaban J connectivity index is 2.71. The molecule has 0 saturated heterocycles. The third kappa shape index (κ3) is 2.85. The van der Waals surface area contributed by atoms with Gasteiger partial charge in [0.15, 0.2) is 0 Å². The summed E-state index contributed by atoms with van der Waals surface area (Å²) in [6.45, 7) is 6.40. The summed E-state index contributed by atoms with van der Waals surface area (Å²) in [5, 5.41) is 0. The van der Waals surface area contributed by atoms with E-state index < -0.39 is 0 Å². The van der Waals surface area contributed by atoms with Crippen LogP contribution in [0.5, 0.6) is 0 Å². The quantitative estimate of drug-likeness (QED) is 0.754. The minimum Gasteiger partial charge on any atom is -0.328 e. The molecule has 13 heavy (non-hydrogen) atoms. The number of hydrogen-bond donors (Lipinski definition) is 1. The van der Waals surface area contributed by atoms with Crippen LogP contribution >= 0.6 is 0 Å². The highest BCUT2D eigenvalue weighted by atomic mass is 14.6. The summed E-state index contributed by atoms with van der Waals surface area (Å²) in [6, 6.07) is 6.79. The van der Waals surface area contributed by atoms with Crippen molar-refractivity contribution in [3.8, 4) is 0 Å². The molecule has 0 saturated carbocycles. The van der Waals surface area contributed by atoms with Crippen LogP contribution in [-0.4, -0.2) is 6.04 Å². The summed E-state index contributed by atoms with van der Waals surface area (Å²) in [7, 11) is 0. The molecule has 0 heterocycles. The average Bonchev–Trinajstić information content (AvgIpc) is 2.07. The molecule has 0 fully saturated rings. The molecule has 0 aliphatic rings. The third-order valence-corrected chi connectivity index (χ3v) is 2.59. The Morgan fingerprint density at radius 3 is 2.62 bits per heavy atom.